The zero-order valence-corrected chi connectivity index (χ0v) is 13.7. The van der Waals surface area contributed by atoms with Crippen molar-refractivity contribution in [3.63, 3.8) is 0 Å². The van der Waals surface area contributed by atoms with Gasteiger partial charge in [-0.1, -0.05) is 58.4 Å². The van der Waals surface area contributed by atoms with Crippen molar-refractivity contribution >= 4 is 21.7 Å². The highest BCUT2D eigenvalue weighted by Gasteiger charge is 2.09. The number of ketones is 1. The fourth-order valence-corrected chi connectivity index (χ4v) is 2.45. The summed E-state index contributed by atoms with van der Waals surface area (Å²) < 4.78 is 2.17. The predicted molar refractivity (Wildman–Crippen MR) is 92.4 cm³/mol. The third kappa shape index (κ3) is 3.63. The minimum Gasteiger partial charge on any atom is -0.292 e. The summed E-state index contributed by atoms with van der Waals surface area (Å²) in [4.78, 5) is 24.2. The highest BCUT2D eigenvalue weighted by molar-refractivity contribution is 9.10. The average molecular weight is 369 g/mol. The van der Waals surface area contributed by atoms with Gasteiger partial charge in [0.1, 0.15) is 6.54 Å². The van der Waals surface area contributed by atoms with E-state index in [0.29, 0.717) is 11.3 Å². The number of carbonyl (C=O) groups is 1. The minimum atomic E-state index is -0.296. The zero-order valence-electron chi connectivity index (χ0n) is 12.1. The van der Waals surface area contributed by atoms with E-state index in [0.717, 1.165) is 10.0 Å². The Labute approximate surface area is 141 Å². The highest BCUT2D eigenvalue weighted by atomic mass is 79.9. The molecule has 0 saturated carbocycles. The molecule has 1 aromatic heterocycles. The van der Waals surface area contributed by atoms with E-state index in [1.807, 2.05) is 30.3 Å². The van der Waals surface area contributed by atoms with Crippen LogP contribution in [0.5, 0.6) is 0 Å². The molecule has 2 aromatic carbocycles. The van der Waals surface area contributed by atoms with E-state index in [-0.39, 0.29) is 17.9 Å². The maximum absolute atomic E-state index is 12.3. The highest BCUT2D eigenvalue weighted by Crippen LogP contribution is 2.18. The van der Waals surface area contributed by atoms with Gasteiger partial charge in [-0.15, -0.1) is 0 Å². The molecule has 0 aliphatic rings. The number of carbonyl (C=O) groups excluding carboxylic acids is 1. The van der Waals surface area contributed by atoms with E-state index < -0.39 is 0 Å². The number of halogens is 1. The van der Waals surface area contributed by atoms with Crippen LogP contribution in [0.4, 0.5) is 0 Å². The number of hydrogen-bond acceptors (Lipinski definition) is 3. The lowest BCUT2D eigenvalue weighted by molar-refractivity contribution is 0.0966. The molecule has 0 radical (unpaired) electrons. The number of Topliss-reactive ketones (excluding diaryl/α,β-unsaturated/α-hetero) is 1. The number of hydrogen-bond donors (Lipinski definition) is 0. The van der Waals surface area contributed by atoms with Crippen molar-refractivity contribution in [3.05, 3.63) is 87.1 Å². The molecule has 0 N–H and O–H groups in total. The molecule has 0 aliphatic heterocycles. The fourth-order valence-electron chi connectivity index (χ4n) is 2.19. The quantitative estimate of drug-likeness (QED) is 0.661. The molecule has 0 unspecified atom stereocenters. The lowest BCUT2D eigenvalue weighted by Gasteiger charge is -2.07. The molecule has 4 nitrogen and oxygen atoms in total. The maximum atomic E-state index is 12.3. The van der Waals surface area contributed by atoms with Crippen LogP contribution in [0, 0.1) is 0 Å². The summed E-state index contributed by atoms with van der Waals surface area (Å²) in [7, 11) is 0. The van der Waals surface area contributed by atoms with Gasteiger partial charge in [0.15, 0.2) is 5.78 Å². The molecule has 0 saturated heterocycles. The summed E-state index contributed by atoms with van der Waals surface area (Å²) in [5, 5.41) is 4.31. The third-order valence-electron chi connectivity index (χ3n) is 3.40. The molecule has 0 atom stereocenters. The Morgan fingerprint density at radius 1 is 0.957 bits per heavy atom. The smallest absolute Gasteiger partial charge is 0.267 e. The molecule has 0 bridgehead atoms. The Hall–Kier alpha value is -2.53. The normalized spacial score (nSPS) is 10.5. The van der Waals surface area contributed by atoms with Crippen molar-refractivity contribution in [2.75, 3.05) is 0 Å². The summed E-state index contributed by atoms with van der Waals surface area (Å²) in [6, 6.07) is 19.6. The standard InChI is InChI=1S/C18H13BrN2O2/c19-15-8-6-13(7-9-15)16-10-11-18(23)21(20-16)12-17(22)14-4-2-1-3-5-14/h1-11H,12H2. The van der Waals surface area contributed by atoms with E-state index in [4.69, 9.17) is 0 Å². The Morgan fingerprint density at radius 3 is 2.35 bits per heavy atom. The van der Waals surface area contributed by atoms with E-state index in [1.54, 1.807) is 30.3 Å². The summed E-state index contributed by atoms with van der Waals surface area (Å²) in [6.45, 7) is -0.0762. The lowest BCUT2D eigenvalue weighted by atomic mass is 10.1. The Morgan fingerprint density at radius 2 is 1.65 bits per heavy atom. The second-order valence-electron chi connectivity index (χ2n) is 5.01. The van der Waals surface area contributed by atoms with Crippen LogP contribution in [0.25, 0.3) is 11.3 Å². The summed E-state index contributed by atoms with van der Waals surface area (Å²) in [5.74, 6) is -0.145. The third-order valence-corrected chi connectivity index (χ3v) is 3.92. The van der Waals surface area contributed by atoms with Crippen molar-refractivity contribution in [1.29, 1.82) is 0 Å². The molecule has 0 fully saturated rings. The molecule has 0 amide bonds. The van der Waals surface area contributed by atoms with Crippen LogP contribution >= 0.6 is 15.9 Å². The van der Waals surface area contributed by atoms with Crippen molar-refractivity contribution in [1.82, 2.24) is 9.78 Å². The Kier molecular flexibility index (Phi) is 4.48. The number of benzene rings is 2. The molecule has 3 aromatic rings. The second kappa shape index (κ2) is 6.71. The van der Waals surface area contributed by atoms with Gasteiger partial charge >= 0.3 is 0 Å². The number of aromatic nitrogens is 2. The number of nitrogens with zero attached hydrogens (tertiary/aromatic N) is 2. The average Bonchev–Trinajstić information content (AvgIpc) is 2.58. The van der Waals surface area contributed by atoms with Crippen molar-refractivity contribution in [2.24, 2.45) is 0 Å². The predicted octanol–water partition coefficient (Wildman–Crippen LogP) is 3.56. The topological polar surface area (TPSA) is 52.0 Å². The van der Waals surface area contributed by atoms with Crippen molar-refractivity contribution in [3.8, 4) is 11.3 Å². The van der Waals surface area contributed by atoms with Gasteiger partial charge in [0.25, 0.3) is 5.56 Å². The van der Waals surface area contributed by atoms with Crippen LogP contribution in [0.3, 0.4) is 0 Å². The van der Waals surface area contributed by atoms with Crippen LogP contribution in [-0.2, 0) is 6.54 Å². The monoisotopic (exact) mass is 368 g/mol. The van der Waals surface area contributed by atoms with Crippen molar-refractivity contribution in [2.45, 2.75) is 6.54 Å². The van der Waals surface area contributed by atoms with Gasteiger partial charge < -0.3 is 0 Å². The largest absolute Gasteiger partial charge is 0.292 e. The van der Waals surface area contributed by atoms with Crippen LogP contribution in [0.1, 0.15) is 10.4 Å². The van der Waals surface area contributed by atoms with Gasteiger partial charge in [-0.05, 0) is 18.2 Å². The van der Waals surface area contributed by atoms with Crippen LogP contribution < -0.4 is 5.56 Å². The molecule has 1 heterocycles. The van der Waals surface area contributed by atoms with E-state index in [9.17, 15) is 9.59 Å². The van der Waals surface area contributed by atoms with Gasteiger partial charge in [0, 0.05) is 21.7 Å². The SMILES string of the molecule is O=C(Cn1nc(-c2ccc(Br)cc2)ccc1=O)c1ccccc1. The van der Waals surface area contributed by atoms with Crippen LogP contribution in [0.15, 0.2) is 76.0 Å². The summed E-state index contributed by atoms with van der Waals surface area (Å²) in [6.07, 6.45) is 0. The molecule has 23 heavy (non-hydrogen) atoms. The van der Waals surface area contributed by atoms with Gasteiger partial charge in [0.05, 0.1) is 5.69 Å². The van der Waals surface area contributed by atoms with Gasteiger partial charge in [-0.3, -0.25) is 9.59 Å². The van der Waals surface area contributed by atoms with Crippen LogP contribution in [-0.4, -0.2) is 15.6 Å². The van der Waals surface area contributed by atoms with Gasteiger partial charge in [0.2, 0.25) is 0 Å². The van der Waals surface area contributed by atoms with E-state index in [2.05, 4.69) is 21.0 Å². The van der Waals surface area contributed by atoms with Crippen molar-refractivity contribution < 1.29 is 4.79 Å². The molecule has 3 rings (SSSR count). The van der Waals surface area contributed by atoms with E-state index >= 15 is 0 Å². The molecular formula is C18H13BrN2O2. The van der Waals surface area contributed by atoms with Crippen LogP contribution in [0.2, 0.25) is 0 Å². The summed E-state index contributed by atoms with van der Waals surface area (Å²) in [5.41, 5.74) is 1.80. The number of rotatable bonds is 4. The Balaban J connectivity index is 1.91. The van der Waals surface area contributed by atoms with Gasteiger partial charge in [-0.25, -0.2) is 4.68 Å². The first kappa shape index (κ1) is 15.4. The first-order chi connectivity index (χ1) is 11.1. The minimum absolute atomic E-state index is 0.0762. The van der Waals surface area contributed by atoms with E-state index in [1.165, 1.54) is 10.7 Å². The second-order valence-corrected chi connectivity index (χ2v) is 5.93. The zero-order chi connectivity index (χ0) is 16.2. The lowest BCUT2D eigenvalue weighted by Crippen LogP contribution is -2.26. The fraction of sp³-hybridized carbons (Fsp3) is 0.0556. The summed E-state index contributed by atoms with van der Waals surface area (Å²) >= 11 is 3.38. The molecule has 114 valence electrons. The molecule has 5 heteroatoms. The first-order valence-corrected chi connectivity index (χ1v) is 7.85. The molecular weight excluding hydrogens is 356 g/mol. The maximum Gasteiger partial charge on any atom is 0.267 e. The molecule has 0 spiro atoms. The Bertz CT molecular complexity index is 887. The first-order valence-electron chi connectivity index (χ1n) is 7.06. The van der Waals surface area contributed by atoms with Gasteiger partial charge in [-0.2, -0.15) is 5.10 Å². The molecule has 0 aliphatic carbocycles.